The van der Waals surface area contributed by atoms with E-state index >= 15 is 0 Å². The van der Waals surface area contributed by atoms with Gasteiger partial charge in [-0.3, -0.25) is 9.36 Å². The van der Waals surface area contributed by atoms with Gasteiger partial charge in [-0.1, -0.05) is 50.8 Å². The van der Waals surface area contributed by atoms with Gasteiger partial charge in [-0.05, 0) is 43.7 Å². The fourth-order valence-corrected chi connectivity index (χ4v) is 5.34. The highest BCUT2D eigenvalue weighted by molar-refractivity contribution is 7.99. The number of rotatable bonds is 6. The number of amides is 1. The molecule has 2 fully saturated rings. The number of carbonyl (C=O) groups is 1. The van der Waals surface area contributed by atoms with Crippen molar-refractivity contribution in [3.8, 4) is 11.6 Å². The van der Waals surface area contributed by atoms with Crippen molar-refractivity contribution in [2.24, 2.45) is 5.92 Å². The van der Waals surface area contributed by atoms with Gasteiger partial charge >= 0.3 is 0 Å². The molecule has 0 spiro atoms. The van der Waals surface area contributed by atoms with Crippen molar-refractivity contribution in [2.75, 3.05) is 5.75 Å². The zero-order valence-electron chi connectivity index (χ0n) is 16.6. The van der Waals surface area contributed by atoms with E-state index in [0.29, 0.717) is 23.8 Å². The molecule has 2 atom stereocenters. The summed E-state index contributed by atoms with van der Waals surface area (Å²) in [5.41, 5.74) is 0. The molecule has 2 aliphatic carbocycles. The lowest BCUT2D eigenvalue weighted by Crippen LogP contribution is -2.41. The highest BCUT2D eigenvalue weighted by Crippen LogP contribution is 2.35. The summed E-state index contributed by atoms with van der Waals surface area (Å²) in [4.78, 5) is 12.5. The van der Waals surface area contributed by atoms with E-state index in [-0.39, 0.29) is 5.91 Å². The number of carbonyl (C=O) groups excluding carboxylic acids is 1. The van der Waals surface area contributed by atoms with E-state index in [1.165, 1.54) is 50.3 Å². The number of aromatic nitrogens is 3. The molecule has 2 heterocycles. The van der Waals surface area contributed by atoms with Gasteiger partial charge in [0.2, 0.25) is 11.7 Å². The van der Waals surface area contributed by atoms with Crippen LogP contribution in [-0.2, 0) is 4.79 Å². The molecule has 0 unspecified atom stereocenters. The van der Waals surface area contributed by atoms with Crippen LogP contribution in [-0.4, -0.2) is 32.5 Å². The summed E-state index contributed by atoms with van der Waals surface area (Å²) in [6, 6.07) is 4.50. The van der Waals surface area contributed by atoms with Gasteiger partial charge in [-0.15, -0.1) is 10.2 Å². The molecule has 28 heavy (non-hydrogen) atoms. The third-order valence-electron chi connectivity index (χ3n) is 6.14. The van der Waals surface area contributed by atoms with Crippen LogP contribution in [0.4, 0.5) is 0 Å². The molecule has 2 aliphatic rings. The van der Waals surface area contributed by atoms with Crippen LogP contribution in [0.25, 0.3) is 11.6 Å². The quantitative estimate of drug-likeness (QED) is 0.701. The van der Waals surface area contributed by atoms with Crippen molar-refractivity contribution >= 4 is 17.7 Å². The molecule has 0 saturated heterocycles. The first-order valence-electron chi connectivity index (χ1n) is 10.6. The molecule has 7 heteroatoms. The first-order valence-corrected chi connectivity index (χ1v) is 11.6. The van der Waals surface area contributed by atoms with Crippen LogP contribution >= 0.6 is 11.8 Å². The molecule has 2 saturated carbocycles. The van der Waals surface area contributed by atoms with Crippen molar-refractivity contribution < 1.29 is 9.21 Å². The lowest BCUT2D eigenvalue weighted by molar-refractivity contribution is -0.119. The zero-order valence-corrected chi connectivity index (χ0v) is 17.4. The fourth-order valence-electron chi connectivity index (χ4n) is 4.53. The van der Waals surface area contributed by atoms with Gasteiger partial charge in [0.15, 0.2) is 10.9 Å². The van der Waals surface area contributed by atoms with Gasteiger partial charge in [-0.2, -0.15) is 0 Å². The average Bonchev–Trinajstić information content (AvgIpc) is 3.38. The lowest BCUT2D eigenvalue weighted by atomic mass is 9.86. The van der Waals surface area contributed by atoms with E-state index in [1.807, 2.05) is 12.1 Å². The summed E-state index contributed by atoms with van der Waals surface area (Å²) >= 11 is 1.49. The Balaban J connectivity index is 1.45. The van der Waals surface area contributed by atoms with E-state index in [4.69, 9.17) is 4.42 Å². The maximum absolute atomic E-state index is 12.5. The van der Waals surface area contributed by atoms with Crippen LogP contribution in [0.5, 0.6) is 0 Å². The average molecular weight is 403 g/mol. The molecule has 0 aliphatic heterocycles. The summed E-state index contributed by atoms with van der Waals surface area (Å²) in [7, 11) is 0. The van der Waals surface area contributed by atoms with Crippen molar-refractivity contribution in [2.45, 2.75) is 82.0 Å². The van der Waals surface area contributed by atoms with Gasteiger partial charge in [0, 0.05) is 12.1 Å². The highest BCUT2D eigenvalue weighted by Gasteiger charge is 2.26. The second-order valence-corrected chi connectivity index (χ2v) is 9.11. The van der Waals surface area contributed by atoms with Gasteiger partial charge < -0.3 is 9.73 Å². The number of furan rings is 1. The van der Waals surface area contributed by atoms with E-state index < -0.39 is 0 Å². The Bertz CT molecular complexity index is 767. The van der Waals surface area contributed by atoms with Crippen LogP contribution in [0.15, 0.2) is 28.0 Å². The zero-order chi connectivity index (χ0) is 19.3. The molecular weight excluding hydrogens is 372 g/mol. The van der Waals surface area contributed by atoms with E-state index in [9.17, 15) is 4.79 Å². The summed E-state index contributed by atoms with van der Waals surface area (Å²) in [6.07, 6.45) is 12.5. The summed E-state index contributed by atoms with van der Waals surface area (Å²) in [6.45, 7) is 2.24. The molecular formula is C21H30N4O2S. The molecule has 0 radical (unpaired) electrons. The first kappa shape index (κ1) is 19.6. The third-order valence-corrected chi connectivity index (χ3v) is 7.08. The summed E-state index contributed by atoms with van der Waals surface area (Å²) in [5.74, 6) is 2.57. The minimum absolute atomic E-state index is 0.0986. The normalized spacial score (nSPS) is 23.6. The predicted octanol–water partition coefficient (Wildman–Crippen LogP) is 4.83. The second kappa shape index (κ2) is 9.16. The fraction of sp³-hybridized carbons (Fsp3) is 0.667. The molecule has 6 nitrogen and oxygen atoms in total. The number of nitrogens with one attached hydrogen (secondary N) is 1. The Morgan fingerprint density at radius 3 is 2.71 bits per heavy atom. The standard InChI is InChI=1S/C21H30N4O2S/c1-15-8-5-6-11-17(15)22-19(26)14-28-21-24-23-20(18-12-7-13-27-18)25(21)16-9-3-2-4-10-16/h7,12-13,15-17H,2-6,8-11,14H2,1H3,(H,22,26)/t15-,17+/m0/s1. The molecule has 0 bridgehead atoms. The summed E-state index contributed by atoms with van der Waals surface area (Å²) < 4.78 is 7.80. The van der Waals surface area contributed by atoms with E-state index in [0.717, 1.165) is 36.0 Å². The van der Waals surface area contributed by atoms with Gasteiger partial charge in [0.05, 0.1) is 12.0 Å². The smallest absolute Gasteiger partial charge is 0.230 e. The number of hydrogen-bond acceptors (Lipinski definition) is 5. The van der Waals surface area contributed by atoms with Gasteiger partial charge in [-0.25, -0.2) is 0 Å². The Hall–Kier alpha value is -1.76. The predicted molar refractivity (Wildman–Crippen MR) is 110 cm³/mol. The SMILES string of the molecule is C[C@H]1CCCC[C@H]1NC(=O)CSc1nnc(-c2ccco2)n1C1CCCCC1. The molecule has 4 rings (SSSR count). The molecule has 1 amide bonds. The van der Waals surface area contributed by atoms with Gasteiger partial charge in [0.1, 0.15) is 0 Å². The molecule has 0 aromatic carbocycles. The van der Waals surface area contributed by atoms with Crippen LogP contribution in [0.3, 0.4) is 0 Å². The minimum Gasteiger partial charge on any atom is -0.461 e. The third kappa shape index (κ3) is 4.45. The summed E-state index contributed by atoms with van der Waals surface area (Å²) in [5, 5.41) is 12.9. The topological polar surface area (TPSA) is 73.0 Å². The Labute approximate surface area is 170 Å². The molecule has 2 aromatic heterocycles. The maximum atomic E-state index is 12.5. The molecule has 1 N–H and O–H groups in total. The van der Waals surface area contributed by atoms with E-state index in [2.05, 4.69) is 27.0 Å². The van der Waals surface area contributed by atoms with Crippen molar-refractivity contribution in [1.29, 1.82) is 0 Å². The number of thioether (sulfide) groups is 1. The lowest BCUT2D eigenvalue weighted by Gasteiger charge is -2.29. The Kier molecular flexibility index (Phi) is 6.40. The van der Waals surface area contributed by atoms with Crippen molar-refractivity contribution in [3.63, 3.8) is 0 Å². The maximum Gasteiger partial charge on any atom is 0.230 e. The largest absolute Gasteiger partial charge is 0.461 e. The van der Waals surface area contributed by atoms with Crippen molar-refractivity contribution in [1.82, 2.24) is 20.1 Å². The number of nitrogens with zero attached hydrogens (tertiary/aromatic N) is 3. The molecule has 2 aromatic rings. The van der Waals surface area contributed by atoms with Crippen LogP contribution in [0.1, 0.15) is 70.8 Å². The molecule has 152 valence electrons. The Morgan fingerprint density at radius 1 is 1.18 bits per heavy atom. The van der Waals surface area contributed by atoms with Gasteiger partial charge in [0.25, 0.3) is 0 Å². The van der Waals surface area contributed by atoms with Crippen LogP contribution < -0.4 is 5.32 Å². The number of hydrogen-bond donors (Lipinski definition) is 1. The highest BCUT2D eigenvalue weighted by atomic mass is 32.2. The first-order chi connectivity index (χ1) is 13.7. The van der Waals surface area contributed by atoms with Crippen molar-refractivity contribution in [3.05, 3.63) is 18.4 Å². The minimum atomic E-state index is 0.0986. The second-order valence-electron chi connectivity index (χ2n) is 8.17. The Morgan fingerprint density at radius 2 is 1.96 bits per heavy atom. The monoisotopic (exact) mass is 402 g/mol. The van der Waals surface area contributed by atoms with Crippen LogP contribution in [0, 0.1) is 5.92 Å². The van der Waals surface area contributed by atoms with E-state index in [1.54, 1.807) is 6.26 Å². The van der Waals surface area contributed by atoms with Crippen LogP contribution in [0.2, 0.25) is 0 Å².